The molecular weight excluding hydrogens is 190 g/mol. The number of nitrogens with zero attached hydrogens (tertiary/aromatic N) is 5. The van der Waals surface area contributed by atoms with Gasteiger partial charge in [-0.25, -0.2) is 14.5 Å². The molecular formula is C10H12N5+. The molecule has 15 heavy (non-hydrogen) atoms. The van der Waals surface area contributed by atoms with E-state index >= 15 is 0 Å². The van der Waals surface area contributed by atoms with Crippen LogP contribution in [0.15, 0.2) is 12.5 Å². The maximum absolute atomic E-state index is 4.50. The first-order valence-corrected chi connectivity index (χ1v) is 4.95. The summed E-state index contributed by atoms with van der Waals surface area (Å²) in [5, 5.41) is 4.50. The summed E-state index contributed by atoms with van der Waals surface area (Å²) in [5.41, 5.74) is 2.15. The Hall–Kier alpha value is -1.78. The molecule has 0 amide bonds. The summed E-state index contributed by atoms with van der Waals surface area (Å²) in [6.45, 7) is 4.11. The van der Waals surface area contributed by atoms with Crippen molar-refractivity contribution in [3.63, 3.8) is 0 Å². The number of rotatable bonds is 0. The van der Waals surface area contributed by atoms with Crippen LogP contribution in [0.3, 0.4) is 0 Å². The van der Waals surface area contributed by atoms with Crippen LogP contribution in [0.4, 0.5) is 0 Å². The molecule has 1 aliphatic rings. The highest BCUT2D eigenvalue weighted by molar-refractivity contribution is 5.59. The van der Waals surface area contributed by atoms with Crippen LogP contribution in [0.1, 0.15) is 24.5 Å². The van der Waals surface area contributed by atoms with Gasteiger partial charge in [-0.2, -0.15) is 0 Å². The van der Waals surface area contributed by atoms with Crippen LogP contribution in [0.25, 0.3) is 11.4 Å². The molecule has 2 aromatic heterocycles. The fourth-order valence-electron chi connectivity index (χ4n) is 2.11. The lowest BCUT2D eigenvalue weighted by atomic mass is 10.2. The van der Waals surface area contributed by atoms with Crippen molar-refractivity contribution in [1.82, 2.24) is 19.7 Å². The third-order valence-electron chi connectivity index (χ3n) is 3.02. The molecule has 3 heterocycles. The Balaban J connectivity index is 2.38. The Kier molecular flexibility index (Phi) is 1.49. The van der Waals surface area contributed by atoms with Crippen molar-refractivity contribution in [3.8, 4) is 11.4 Å². The van der Waals surface area contributed by atoms with E-state index in [1.807, 2.05) is 24.9 Å². The largest absolute Gasteiger partial charge is 0.274 e. The van der Waals surface area contributed by atoms with Crippen molar-refractivity contribution in [2.75, 3.05) is 0 Å². The van der Waals surface area contributed by atoms with Crippen molar-refractivity contribution in [3.05, 3.63) is 24.0 Å². The average molecular weight is 202 g/mol. The monoisotopic (exact) mass is 202 g/mol. The highest BCUT2D eigenvalue weighted by atomic mass is 15.4. The zero-order valence-electron chi connectivity index (χ0n) is 8.97. The quantitative estimate of drug-likeness (QED) is 0.581. The Bertz CT molecular complexity index is 543. The number of aromatic nitrogens is 5. The van der Waals surface area contributed by atoms with Crippen molar-refractivity contribution < 1.29 is 4.57 Å². The zero-order chi connectivity index (χ0) is 10.6. The SMILES string of the molecule is Cc1nn2c([n+]1C)-c1cncnc1C2C. The molecule has 3 rings (SSSR count). The summed E-state index contributed by atoms with van der Waals surface area (Å²) >= 11 is 0. The van der Waals surface area contributed by atoms with Crippen LogP contribution in [-0.2, 0) is 7.05 Å². The van der Waals surface area contributed by atoms with Gasteiger partial charge < -0.3 is 0 Å². The van der Waals surface area contributed by atoms with Crippen LogP contribution in [-0.4, -0.2) is 19.7 Å². The van der Waals surface area contributed by atoms with Gasteiger partial charge in [-0.1, -0.05) is 4.68 Å². The summed E-state index contributed by atoms with van der Waals surface area (Å²) in [6.07, 6.45) is 3.45. The van der Waals surface area contributed by atoms with E-state index < -0.39 is 0 Å². The van der Waals surface area contributed by atoms with E-state index in [-0.39, 0.29) is 6.04 Å². The first kappa shape index (κ1) is 8.52. The van der Waals surface area contributed by atoms with Crippen molar-refractivity contribution in [2.45, 2.75) is 19.9 Å². The van der Waals surface area contributed by atoms with Crippen molar-refractivity contribution in [2.24, 2.45) is 7.05 Å². The van der Waals surface area contributed by atoms with Gasteiger partial charge in [-0.3, -0.25) is 0 Å². The second-order valence-corrected chi connectivity index (χ2v) is 3.87. The molecule has 76 valence electrons. The summed E-state index contributed by atoms with van der Waals surface area (Å²) in [7, 11) is 2.02. The molecule has 0 saturated carbocycles. The normalized spacial score (nSPS) is 17.7. The molecule has 1 aliphatic heterocycles. The van der Waals surface area contributed by atoms with Crippen molar-refractivity contribution >= 4 is 0 Å². The molecule has 2 aromatic rings. The maximum atomic E-state index is 4.50. The third-order valence-corrected chi connectivity index (χ3v) is 3.02. The Morgan fingerprint density at radius 2 is 2.27 bits per heavy atom. The van der Waals surface area contributed by atoms with E-state index in [1.54, 1.807) is 6.33 Å². The molecule has 0 aliphatic carbocycles. The maximum Gasteiger partial charge on any atom is 0.274 e. The van der Waals surface area contributed by atoms with Gasteiger partial charge in [0.25, 0.3) is 11.6 Å². The molecule has 0 bridgehead atoms. The fraction of sp³-hybridized carbons (Fsp3) is 0.400. The van der Waals surface area contributed by atoms with E-state index in [9.17, 15) is 0 Å². The van der Waals surface area contributed by atoms with Gasteiger partial charge in [0.15, 0.2) is 6.04 Å². The van der Waals surface area contributed by atoms with Crippen molar-refractivity contribution in [1.29, 1.82) is 0 Å². The minimum Gasteiger partial charge on any atom is -0.244 e. The van der Waals surface area contributed by atoms with E-state index in [0.29, 0.717) is 0 Å². The first-order chi connectivity index (χ1) is 7.20. The summed E-state index contributed by atoms with van der Waals surface area (Å²) in [6, 6.07) is 0.206. The molecule has 0 aromatic carbocycles. The second-order valence-electron chi connectivity index (χ2n) is 3.87. The minimum atomic E-state index is 0.206. The molecule has 1 atom stereocenters. The lowest BCUT2D eigenvalue weighted by molar-refractivity contribution is -0.667. The van der Waals surface area contributed by atoms with Gasteiger partial charge in [0.1, 0.15) is 6.33 Å². The van der Waals surface area contributed by atoms with Crippen LogP contribution in [0.2, 0.25) is 0 Å². The second kappa shape index (κ2) is 2.62. The third kappa shape index (κ3) is 0.921. The zero-order valence-corrected chi connectivity index (χ0v) is 8.97. The smallest absolute Gasteiger partial charge is 0.244 e. The van der Waals surface area contributed by atoms with Crippen LogP contribution < -0.4 is 4.57 Å². The number of hydrogen-bond donors (Lipinski definition) is 0. The van der Waals surface area contributed by atoms with Gasteiger partial charge in [0.05, 0.1) is 18.3 Å². The fourth-order valence-corrected chi connectivity index (χ4v) is 2.11. The van der Waals surface area contributed by atoms with Crippen LogP contribution in [0, 0.1) is 6.92 Å². The molecule has 0 N–H and O–H groups in total. The lowest BCUT2D eigenvalue weighted by Gasteiger charge is -1.98. The Morgan fingerprint density at radius 3 is 3.07 bits per heavy atom. The van der Waals surface area contributed by atoms with Gasteiger partial charge in [0.2, 0.25) is 0 Å². The standard InChI is InChI=1S/C10H12N5/c1-6-9-8(4-11-5-12-9)10-14(3)7(2)13-15(6)10/h4-6H,1-3H3/q+1. The number of fused-ring (bicyclic) bond motifs is 3. The first-order valence-electron chi connectivity index (χ1n) is 4.95. The number of aryl methyl sites for hydroxylation is 1. The predicted molar refractivity (Wildman–Crippen MR) is 53.0 cm³/mol. The van der Waals surface area contributed by atoms with E-state index in [2.05, 4.69) is 26.6 Å². The molecule has 0 radical (unpaired) electrons. The van der Waals surface area contributed by atoms with Gasteiger partial charge in [-0.05, 0) is 6.92 Å². The summed E-state index contributed by atoms with van der Waals surface area (Å²) in [5.74, 6) is 2.10. The minimum absolute atomic E-state index is 0.206. The van der Waals surface area contributed by atoms with Crippen LogP contribution >= 0.6 is 0 Å². The highest BCUT2D eigenvalue weighted by Crippen LogP contribution is 2.33. The van der Waals surface area contributed by atoms with E-state index in [4.69, 9.17) is 0 Å². The summed E-state index contributed by atoms with van der Waals surface area (Å²) < 4.78 is 4.08. The van der Waals surface area contributed by atoms with Gasteiger partial charge in [0, 0.05) is 18.2 Å². The Labute approximate surface area is 87.4 Å². The predicted octanol–water partition coefficient (Wildman–Crippen LogP) is 0.396. The molecule has 5 heteroatoms. The molecule has 0 saturated heterocycles. The molecule has 0 spiro atoms. The lowest BCUT2D eigenvalue weighted by Crippen LogP contribution is -2.32. The average Bonchev–Trinajstić information content (AvgIpc) is 2.68. The molecule has 0 fully saturated rings. The van der Waals surface area contributed by atoms with Gasteiger partial charge in [-0.15, -0.1) is 0 Å². The Morgan fingerprint density at radius 1 is 1.47 bits per heavy atom. The van der Waals surface area contributed by atoms with E-state index in [1.165, 1.54) is 0 Å². The topological polar surface area (TPSA) is 47.5 Å². The molecule has 5 nitrogen and oxygen atoms in total. The van der Waals surface area contributed by atoms with E-state index in [0.717, 1.165) is 22.9 Å². The highest BCUT2D eigenvalue weighted by Gasteiger charge is 2.37. The van der Waals surface area contributed by atoms with Crippen LogP contribution in [0.5, 0.6) is 0 Å². The summed E-state index contributed by atoms with van der Waals surface area (Å²) in [4.78, 5) is 8.39. The van der Waals surface area contributed by atoms with Gasteiger partial charge >= 0.3 is 0 Å². The number of hydrogen-bond acceptors (Lipinski definition) is 3. The molecule has 1 unspecified atom stereocenters.